The summed E-state index contributed by atoms with van der Waals surface area (Å²) in [6.45, 7) is 5.32. The van der Waals surface area contributed by atoms with Gasteiger partial charge in [-0.1, -0.05) is 0 Å². The van der Waals surface area contributed by atoms with Crippen molar-refractivity contribution in [2.24, 2.45) is 0 Å². The van der Waals surface area contributed by atoms with Gasteiger partial charge in [-0.3, -0.25) is 0 Å². The molecule has 0 aliphatic carbocycles. The van der Waals surface area contributed by atoms with Gasteiger partial charge in [-0.05, 0) is 0 Å². The zero-order valence-corrected chi connectivity index (χ0v) is 16.2. The van der Waals surface area contributed by atoms with Crippen LogP contribution in [0.25, 0.3) is 0 Å². The van der Waals surface area contributed by atoms with E-state index in [2.05, 4.69) is 0 Å². The van der Waals surface area contributed by atoms with E-state index in [1.54, 1.807) is 0 Å². The Morgan fingerprint density at radius 1 is 0.478 bits per heavy atom. The van der Waals surface area contributed by atoms with Crippen molar-refractivity contribution in [1.29, 1.82) is 0 Å². The van der Waals surface area contributed by atoms with Crippen molar-refractivity contribution in [3.8, 4) is 0 Å². The van der Waals surface area contributed by atoms with Gasteiger partial charge in [-0.25, -0.2) is 0 Å². The Labute approximate surface area is 160 Å². The molecule has 0 radical (unpaired) electrons. The van der Waals surface area contributed by atoms with Crippen molar-refractivity contribution in [2.45, 2.75) is 0 Å². The third-order valence-corrected chi connectivity index (χ3v) is 2.32. The van der Waals surface area contributed by atoms with Crippen LogP contribution >= 0.6 is 0 Å². The van der Waals surface area contributed by atoms with Crippen LogP contribution in [0.2, 0.25) is 0 Å². The van der Waals surface area contributed by atoms with E-state index in [0.717, 1.165) is 0 Å². The van der Waals surface area contributed by atoms with Gasteiger partial charge in [0.2, 0.25) is 0 Å². The molecule has 0 rings (SSSR count). The number of rotatable bonds is 19. The van der Waals surface area contributed by atoms with E-state index in [4.69, 9.17) is 33.5 Å². The maximum atomic E-state index is 10.1. The van der Waals surface area contributed by atoms with Gasteiger partial charge in [-0.15, -0.1) is 6.61 Å². The van der Waals surface area contributed by atoms with Crippen LogP contribution < -0.4 is 34.7 Å². The van der Waals surface area contributed by atoms with Crippen LogP contribution in [-0.4, -0.2) is 97.6 Å². The molecule has 0 saturated carbocycles. The zero-order chi connectivity index (χ0) is 16.1. The first-order chi connectivity index (χ1) is 10.9. The Bertz CT molecular complexity index is 180. The molecule has 0 aliphatic heterocycles. The number of hydrogen-bond acceptors (Lipinski definition) is 8. The summed E-state index contributed by atoms with van der Waals surface area (Å²) in [5.41, 5.74) is 0. The summed E-state index contributed by atoms with van der Waals surface area (Å²) in [6.07, 6.45) is 0. The minimum Gasteiger partial charge on any atom is -0.853 e. The first kappa shape index (κ1) is 25.9. The molecule has 0 aromatic heterocycles. The summed E-state index contributed by atoms with van der Waals surface area (Å²) in [5, 5.41) is 18.6. The largest absolute Gasteiger partial charge is 1.00 e. The average molecular weight is 348 g/mol. The van der Waals surface area contributed by atoms with Crippen LogP contribution in [0.4, 0.5) is 0 Å². The molecule has 0 spiro atoms. The van der Waals surface area contributed by atoms with Gasteiger partial charge in [0, 0.05) is 6.61 Å². The van der Waals surface area contributed by atoms with E-state index in [0.29, 0.717) is 72.7 Å². The Hall–Kier alpha value is 0.680. The van der Waals surface area contributed by atoms with E-state index in [-0.39, 0.29) is 49.4 Å². The third-order valence-electron chi connectivity index (χ3n) is 2.32. The van der Waals surface area contributed by atoms with E-state index < -0.39 is 0 Å². The van der Waals surface area contributed by atoms with E-state index >= 15 is 0 Å². The van der Waals surface area contributed by atoms with Crippen molar-refractivity contribution in [3.05, 3.63) is 0 Å². The van der Waals surface area contributed by atoms with Crippen molar-refractivity contribution in [1.82, 2.24) is 0 Å². The molecule has 0 fully saturated rings. The Morgan fingerprint density at radius 2 is 0.739 bits per heavy atom. The number of ether oxygens (including phenoxy) is 6. The third kappa shape index (κ3) is 25.0. The molecule has 0 heterocycles. The fourth-order valence-electron chi connectivity index (χ4n) is 1.33. The van der Waals surface area contributed by atoms with Crippen LogP contribution in [0, 0.1) is 0 Å². The van der Waals surface area contributed by atoms with Crippen LogP contribution in [0.5, 0.6) is 0 Å². The molecule has 0 amide bonds. The molecule has 1 N–H and O–H groups in total. The second kappa shape index (κ2) is 24.9. The fourth-order valence-corrected chi connectivity index (χ4v) is 1.33. The van der Waals surface area contributed by atoms with Gasteiger partial charge < -0.3 is 38.6 Å². The molecule has 9 heteroatoms. The summed E-state index contributed by atoms with van der Waals surface area (Å²) in [4.78, 5) is 0. The molecule has 0 saturated heterocycles. The van der Waals surface area contributed by atoms with Gasteiger partial charge in [0.05, 0.1) is 79.3 Å². The first-order valence-electron chi connectivity index (χ1n) is 7.57. The number of aliphatic hydroxyl groups excluding tert-OH is 1. The average Bonchev–Trinajstić information content (AvgIpc) is 2.54. The van der Waals surface area contributed by atoms with Crippen LogP contribution in [0.15, 0.2) is 0 Å². The summed E-state index contributed by atoms with van der Waals surface area (Å²) in [7, 11) is 0. The first-order valence-corrected chi connectivity index (χ1v) is 7.57. The standard InChI is InChI=1S/C14H29O8.Na/c15-1-3-17-5-7-19-9-11-21-13-14-22-12-10-20-8-6-18-4-2-16;/h15H,1-14H2;/q-1;+1. The molecular formula is C14H29NaO8. The Balaban J connectivity index is 0. The van der Waals surface area contributed by atoms with Crippen molar-refractivity contribution in [2.75, 3.05) is 92.5 Å². The normalized spacial score (nSPS) is 10.7. The number of aliphatic hydroxyl groups is 1. The van der Waals surface area contributed by atoms with Crippen molar-refractivity contribution < 1.29 is 68.2 Å². The fraction of sp³-hybridized carbons (Fsp3) is 1.00. The molecular weight excluding hydrogens is 319 g/mol. The van der Waals surface area contributed by atoms with Crippen LogP contribution in [0.1, 0.15) is 0 Å². The van der Waals surface area contributed by atoms with E-state index in [1.807, 2.05) is 0 Å². The molecule has 0 aromatic carbocycles. The van der Waals surface area contributed by atoms with Gasteiger partial charge in [0.15, 0.2) is 0 Å². The summed E-state index contributed by atoms with van der Waals surface area (Å²) < 4.78 is 31.1. The van der Waals surface area contributed by atoms with Crippen molar-refractivity contribution >= 4 is 0 Å². The van der Waals surface area contributed by atoms with Gasteiger partial charge in [0.1, 0.15) is 0 Å². The zero-order valence-electron chi connectivity index (χ0n) is 14.2. The second-order valence-corrected chi connectivity index (χ2v) is 4.10. The van der Waals surface area contributed by atoms with Gasteiger partial charge in [-0.2, -0.15) is 0 Å². The molecule has 0 unspecified atom stereocenters. The predicted molar refractivity (Wildman–Crippen MR) is 76.9 cm³/mol. The maximum Gasteiger partial charge on any atom is 1.00 e. The molecule has 0 bridgehead atoms. The Morgan fingerprint density at radius 3 is 1.00 bits per heavy atom. The Kier molecular flexibility index (Phi) is 28.1. The molecule has 23 heavy (non-hydrogen) atoms. The van der Waals surface area contributed by atoms with E-state index in [1.165, 1.54) is 0 Å². The summed E-state index contributed by atoms with van der Waals surface area (Å²) in [6, 6.07) is 0. The molecule has 8 nitrogen and oxygen atoms in total. The summed E-state index contributed by atoms with van der Waals surface area (Å²) in [5.74, 6) is 0. The second-order valence-electron chi connectivity index (χ2n) is 4.10. The van der Waals surface area contributed by atoms with Gasteiger partial charge >= 0.3 is 29.6 Å². The topological polar surface area (TPSA) is 98.7 Å². The molecule has 0 aromatic rings. The molecule has 0 atom stereocenters. The minimum atomic E-state index is -0.217. The van der Waals surface area contributed by atoms with Crippen molar-refractivity contribution in [3.63, 3.8) is 0 Å². The van der Waals surface area contributed by atoms with Crippen LogP contribution in [0.3, 0.4) is 0 Å². The SMILES string of the molecule is [Na+].[O-]CCOCCOCCOCCOCCOCCOCCO. The predicted octanol–water partition coefficient (Wildman–Crippen LogP) is -4.56. The minimum absolute atomic E-state index is 0. The van der Waals surface area contributed by atoms with E-state index in [9.17, 15) is 5.11 Å². The molecule has 134 valence electrons. The van der Waals surface area contributed by atoms with Gasteiger partial charge in [0.25, 0.3) is 0 Å². The smallest absolute Gasteiger partial charge is 0.853 e. The quantitative estimate of drug-likeness (QED) is 0.184. The maximum absolute atomic E-state index is 10.1. The van der Waals surface area contributed by atoms with Crippen LogP contribution in [-0.2, 0) is 28.4 Å². The monoisotopic (exact) mass is 348 g/mol. The number of hydrogen-bond donors (Lipinski definition) is 1. The molecule has 0 aliphatic rings. The summed E-state index contributed by atoms with van der Waals surface area (Å²) >= 11 is 0.